The van der Waals surface area contributed by atoms with Gasteiger partial charge < -0.3 is 14.2 Å². The van der Waals surface area contributed by atoms with E-state index in [-0.39, 0.29) is 11.8 Å². The van der Waals surface area contributed by atoms with Gasteiger partial charge in [-0.15, -0.1) is 0 Å². The predicted octanol–water partition coefficient (Wildman–Crippen LogP) is 3.80. The third-order valence-electron chi connectivity index (χ3n) is 5.67. The number of ether oxygens (including phenoxy) is 1. The second kappa shape index (κ2) is 8.64. The Kier molecular flexibility index (Phi) is 5.79. The number of methoxy groups -OCH3 is 1. The van der Waals surface area contributed by atoms with Gasteiger partial charge in [-0.05, 0) is 49.1 Å². The second-order valence-electron chi connectivity index (χ2n) is 7.64. The van der Waals surface area contributed by atoms with Gasteiger partial charge in [-0.3, -0.25) is 4.79 Å². The van der Waals surface area contributed by atoms with Crippen LogP contribution in [0.1, 0.15) is 43.5 Å². The predicted molar refractivity (Wildman–Crippen MR) is 113 cm³/mol. The largest absolute Gasteiger partial charge is 0.497 e. The molecule has 1 aliphatic rings. The molecule has 0 radical (unpaired) electrons. The van der Waals surface area contributed by atoms with Crippen LogP contribution in [0.15, 0.2) is 42.6 Å². The molecule has 1 aromatic carbocycles. The summed E-state index contributed by atoms with van der Waals surface area (Å²) in [6.07, 6.45) is 5.10. The number of amides is 1. The van der Waals surface area contributed by atoms with E-state index in [9.17, 15) is 4.79 Å². The van der Waals surface area contributed by atoms with Crippen LogP contribution < -0.4 is 4.74 Å². The van der Waals surface area contributed by atoms with Crippen molar-refractivity contribution in [2.24, 2.45) is 0 Å². The molecule has 0 N–H and O–H groups in total. The van der Waals surface area contributed by atoms with Gasteiger partial charge in [-0.1, -0.05) is 19.1 Å². The maximum Gasteiger partial charge on any atom is 0.222 e. The zero-order valence-corrected chi connectivity index (χ0v) is 17.2. The fraction of sp³-hybridized carbons (Fsp3) is 0.435. The molecular formula is C23H28N4O2. The normalized spacial score (nSPS) is 16.5. The van der Waals surface area contributed by atoms with Gasteiger partial charge >= 0.3 is 0 Å². The zero-order chi connectivity index (χ0) is 20.2. The summed E-state index contributed by atoms with van der Waals surface area (Å²) >= 11 is 0. The van der Waals surface area contributed by atoms with Crippen molar-refractivity contribution in [1.82, 2.24) is 19.4 Å². The molecule has 1 atom stereocenters. The van der Waals surface area contributed by atoms with E-state index in [1.807, 2.05) is 47.5 Å². The van der Waals surface area contributed by atoms with Gasteiger partial charge in [0.05, 0.1) is 7.11 Å². The first-order valence-corrected chi connectivity index (χ1v) is 10.4. The smallest absolute Gasteiger partial charge is 0.222 e. The molecule has 1 saturated heterocycles. The fourth-order valence-electron chi connectivity index (χ4n) is 4.13. The number of fused-ring (bicyclic) bond motifs is 1. The van der Waals surface area contributed by atoms with Crippen molar-refractivity contribution >= 4 is 17.1 Å². The quantitative estimate of drug-likeness (QED) is 0.614. The summed E-state index contributed by atoms with van der Waals surface area (Å²) in [4.78, 5) is 24.2. The molecule has 6 nitrogen and oxygen atoms in total. The highest BCUT2D eigenvalue weighted by Gasteiger charge is 2.30. The summed E-state index contributed by atoms with van der Waals surface area (Å²) in [7, 11) is 1.66. The van der Waals surface area contributed by atoms with Crippen LogP contribution in [0.5, 0.6) is 5.75 Å². The Labute approximate surface area is 171 Å². The number of hydrogen-bond donors (Lipinski definition) is 0. The Bertz CT molecular complexity index is 980. The number of carbonyl (C=O) groups excluding carboxylic acids is 1. The Morgan fingerprint density at radius 3 is 2.83 bits per heavy atom. The highest BCUT2D eigenvalue weighted by molar-refractivity contribution is 5.77. The van der Waals surface area contributed by atoms with Crippen LogP contribution in [0.4, 0.5) is 0 Å². The lowest BCUT2D eigenvalue weighted by Gasteiger charge is -2.17. The minimum absolute atomic E-state index is 0.222. The molecular weight excluding hydrogens is 364 g/mol. The Morgan fingerprint density at radius 2 is 2.07 bits per heavy atom. The van der Waals surface area contributed by atoms with Crippen molar-refractivity contribution < 1.29 is 9.53 Å². The highest BCUT2D eigenvalue weighted by Crippen LogP contribution is 2.29. The number of aryl methyl sites for hydroxylation is 2. The summed E-state index contributed by atoms with van der Waals surface area (Å²) in [5.74, 6) is 2.42. The van der Waals surface area contributed by atoms with Crippen molar-refractivity contribution in [1.29, 1.82) is 0 Å². The van der Waals surface area contributed by atoms with Crippen molar-refractivity contribution in [2.45, 2.75) is 45.1 Å². The Hall–Kier alpha value is -2.89. The summed E-state index contributed by atoms with van der Waals surface area (Å²) in [6.45, 7) is 4.62. The number of likely N-dealkylation sites (tertiary alicyclic amines) is 1. The van der Waals surface area contributed by atoms with Crippen molar-refractivity contribution in [3.8, 4) is 5.75 Å². The number of rotatable bonds is 7. The topological polar surface area (TPSA) is 60.2 Å². The third kappa shape index (κ3) is 4.11. The van der Waals surface area contributed by atoms with Crippen LogP contribution in [0.25, 0.3) is 11.2 Å². The van der Waals surface area contributed by atoms with Gasteiger partial charge in [-0.2, -0.15) is 0 Å². The maximum absolute atomic E-state index is 12.8. The second-order valence-corrected chi connectivity index (χ2v) is 7.64. The standard InChI is InChI=1S/C23H28N4O2/c1-3-14-27-22(25-20-5-4-13-24-23(20)27)18-12-15-26(16-18)21(28)11-8-17-6-9-19(29-2)10-7-17/h4-7,9-10,13,18H,3,8,11-12,14-16H2,1-2H3/t18-/m1/s1. The number of nitrogens with zero attached hydrogens (tertiary/aromatic N) is 4. The summed E-state index contributed by atoms with van der Waals surface area (Å²) in [5.41, 5.74) is 3.06. The average molecular weight is 393 g/mol. The van der Waals surface area contributed by atoms with Gasteiger partial charge in [0, 0.05) is 38.2 Å². The molecule has 2 aromatic heterocycles. The molecule has 29 heavy (non-hydrogen) atoms. The van der Waals surface area contributed by atoms with Crippen LogP contribution in [0.2, 0.25) is 0 Å². The van der Waals surface area contributed by atoms with E-state index in [4.69, 9.17) is 9.72 Å². The van der Waals surface area contributed by atoms with E-state index in [1.165, 1.54) is 0 Å². The molecule has 0 unspecified atom stereocenters. The molecule has 3 heterocycles. The molecule has 1 aliphatic heterocycles. The number of carbonyl (C=O) groups is 1. The van der Waals surface area contributed by atoms with E-state index < -0.39 is 0 Å². The fourth-order valence-corrected chi connectivity index (χ4v) is 4.13. The van der Waals surface area contributed by atoms with Crippen LogP contribution in [0, 0.1) is 0 Å². The minimum atomic E-state index is 0.222. The number of imidazole rings is 1. The van der Waals surface area contributed by atoms with Gasteiger partial charge in [0.25, 0.3) is 0 Å². The lowest BCUT2D eigenvalue weighted by molar-refractivity contribution is -0.130. The average Bonchev–Trinajstić information content (AvgIpc) is 3.38. The molecule has 6 heteroatoms. The van der Waals surface area contributed by atoms with E-state index in [1.54, 1.807) is 7.11 Å². The summed E-state index contributed by atoms with van der Waals surface area (Å²) in [6, 6.07) is 11.9. The molecule has 1 fully saturated rings. The SMILES string of the molecule is CCCn1c([C@@H]2CCN(C(=O)CCc3ccc(OC)cc3)C2)nc2cccnc21. The van der Waals surface area contributed by atoms with Gasteiger partial charge in [0.15, 0.2) is 5.65 Å². The van der Waals surface area contributed by atoms with Crippen LogP contribution in [-0.2, 0) is 17.8 Å². The molecule has 0 saturated carbocycles. The van der Waals surface area contributed by atoms with Crippen LogP contribution in [0.3, 0.4) is 0 Å². The minimum Gasteiger partial charge on any atom is -0.497 e. The van der Waals surface area contributed by atoms with E-state index in [0.29, 0.717) is 6.42 Å². The maximum atomic E-state index is 12.8. The molecule has 1 amide bonds. The highest BCUT2D eigenvalue weighted by atomic mass is 16.5. The van der Waals surface area contributed by atoms with Crippen molar-refractivity contribution in [3.63, 3.8) is 0 Å². The molecule has 4 rings (SSSR count). The monoisotopic (exact) mass is 392 g/mol. The lowest BCUT2D eigenvalue weighted by Crippen LogP contribution is -2.29. The van der Waals surface area contributed by atoms with Gasteiger partial charge in [0.2, 0.25) is 5.91 Å². The number of benzene rings is 1. The lowest BCUT2D eigenvalue weighted by atomic mass is 10.1. The molecule has 3 aromatic rings. The number of aromatic nitrogens is 3. The first-order valence-electron chi connectivity index (χ1n) is 10.4. The Balaban J connectivity index is 1.41. The van der Waals surface area contributed by atoms with Crippen molar-refractivity contribution in [2.75, 3.05) is 20.2 Å². The van der Waals surface area contributed by atoms with Crippen LogP contribution >= 0.6 is 0 Å². The molecule has 152 valence electrons. The molecule has 0 aliphatic carbocycles. The van der Waals surface area contributed by atoms with E-state index in [0.717, 1.165) is 67.2 Å². The first kappa shape index (κ1) is 19.4. The van der Waals surface area contributed by atoms with E-state index >= 15 is 0 Å². The third-order valence-corrected chi connectivity index (χ3v) is 5.67. The number of hydrogen-bond acceptors (Lipinski definition) is 4. The Morgan fingerprint density at radius 1 is 1.24 bits per heavy atom. The van der Waals surface area contributed by atoms with E-state index in [2.05, 4.69) is 16.5 Å². The number of pyridine rings is 1. The van der Waals surface area contributed by atoms with Gasteiger partial charge in [-0.25, -0.2) is 9.97 Å². The molecule has 0 spiro atoms. The summed E-state index contributed by atoms with van der Waals surface area (Å²) in [5, 5.41) is 0. The van der Waals surface area contributed by atoms with Crippen LogP contribution in [-0.4, -0.2) is 45.5 Å². The first-order chi connectivity index (χ1) is 14.2. The summed E-state index contributed by atoms with van der Waals surface area (Å²) < 4.78 is 7.43. The van der Waals surface area contributed by atoms with Gasteiger partial charge in [0.1, 0.15) is 17.1 Å². The molecule has 0 bridgehead atoms. The zero-order valence-electron chi connectivity index (χ0n) is 17.2. The van der Waals surface area contributed by atoms with Crippen molar-refractivity contribution in [3.05, 3.63) is 54.0 Å².